The van der Waals surface area contributed by atoms with Crippen LogP contribution in [0.2, 0.25) is 0 Å². The van der Waals surface area contributed by atoms with Crippen molar-refractivity contribution in [3.8, 4) is 0 Å². The molecule has 0 aromatic carbocycles. The Kier molecular flexibility index (Phi) is 1.69. The second-order valence-corrected chi connectivity index (χ2v) is 4.73. The molecule has 0 radical (unpaired) electrons. The third kappa shape index (κ3) is 1.13. The maximum atomic E-state index is 8.23. The fraction of sp³-hybridized carbons (Fsp3) is 1.00. The lowest BCUT2D eigenvalue weighted by atomic mass is 10.0. The molecular formula is C6H10BrN3. The summed E-state index contributed by atoms with van der Waals surface area (Å²) in [5.74, 6) is 0. The first-order valence-electron chi connectivity index (χ1n) is 3.27. The van der Waals surface area contributed by atoms with Crippen molar-refractivity contribution in [1.29, 1.82) is 0 Å². The van der Waals surface area contributed by atoms with Gasteiger partial charge < -0.3 is 0 Å². The van der Waals surface area contributed by atoms with E-state index in [-0.39, 0.29) is 9.86 Å². The molecule has 0 heterocycles. The molecular weight excluding hydrogens is 194 g/mol. The average molecular weight is 204 g/mol. The first-order valence-corrected chi connectivity index (χ1v) is 4.06. The summed E-state index contributed by atoms with van der Waals surface area (Å²) in [5, 5.41) is 3.72. The number of rotatable bonds is 2. The van der Waals surface area contributed by atoms with Crippen LogP contribution >= 0.6 is 15.9 Å². The molecule has 1 rings (SSSR count). The third-order valence-electron chi connectivity index (χ3n) is 2.08. The van der Waals surface area contributed by atoms with E-state index in [9.17, 15) is 0 Å². The molecule has 0 aromatic rings. The molecule has 1 saturated carbocycles. The van der Waals surface area contributed by atoms with Gasteiger partial charge >= 0.3 is 0 Å². The highest BCUT2D eigenvalue weighted by molar-refractivity contribution is 9.10. The van der Waals surface area contributed by atoms with Crippen LogP contribution in [0.25, 0.3) is 10.4 Å². The first kappa shape index (κ1) is 7.89. The highest BCUT2D eigenvalue weighted by Gasteiger charge is 2.52. The summed E-state index contributed by atoms with van der Waals surface area (Å²) < 4.78 is 0.0895. The monoisotopic (exact) mass is 203 g/mol. The summed E-state index contributed by atoms with van der Waals surface area (Å²) in [6.45, 7) is 3.91. The van der Waals surface area contributed by atoms with Crippen LogP contribution in [-0.4, -0.2) is 9.86 Å². The molecule has 0 saturated heterocycles. The number of hydrogen-bond acceptors (Lipinski definition) is 1. The minimum Gasteiger partial charge on any atom is -0.0864 e. The van der Waals surface area contributed by atoms with Crippen molar-refractivity contribution in [3.05, 3.63) is 10.4 Å². The maximum absolute atomic E-state index is 8.23. The minimum atomic E-state index is -0.276. The summed E-state index contributed by atoms with van der Waals surface area (Å²) in [6, 6.07) is 0. The van der Waals surface area contributed by atoms with Gasteiger partial charge in [-0.1, -0.05) is 34.9 Å². The Morgan fingerprint density at radius 2 is 2.10 bits per heavy atom. The van der Waals surface area contributed by atoms with E-state index >= 15 is 0 Å². The van der Waals surface area contributed by atoms with Crippen LogP contribution in [0, 0.1) is 0 Å². The Hall–Kier alpha value is -0.210. The predicted molar refractivity (Wildman–Crippen MR) is 44.1 cm³/mol. The fourth-order valence-corrected chi connectivity index (χ4v) is 1.20. The topological polar surface area (TPSA) is 48.8 Å². The number of nitrogens with zero attached hydrogens (tertiary/aromatic N) is 3. The summed E-state index contributed by atoms with van der Waals surface area (Å²) in [5.41, 5.74) is 7.95. The molecule has 4 heteroatoms. The maximum Gasteiger partial charge on any atom is 0.0584 e. The van der Waals surface area contributed by atoms with Gasteiger partial charge in [0.1, 0.15) is 0 Å². The van der Waals surface area contributed by atoms with Gasteiger partial charge in [0.2, 0.25) is 0 Å². The molecule has 0 atom stereocenters. The van der Waals surface area contributed by atoms with E-state index in [1.807, 2.05) is 13.8 Å². The number of halogens is 1. The molecule has 0 unspecified atom stereocenters. The number of hydrogen-bond donors (Lipinski definition) is 0. The molecule has 10 heavy (non-hydrogen) atoms. The smallest absolute Gasteiger partial charge is 0.0584 e. The SMILES string of the molecule is CC(C)(N=[N+]=[N-])C1(Br)CC1. The van der Waals surface area contributed by atoms with Gasteiger partial charge in [-0.25, -0.2) is 0 Å². The lowest BCUT2D eigenvalue weighted by Crippen LogP contribution is -2.30. The van der Waals surface area contributed by atoms with Gasteiger partial charge in [0.05, 0.1) is 5.54 Å². The highest BCUT2D eigenvalue weighted by Crippen LogP contribution is 2.54. The normalized spacial score (nSPS) is 21.5. The molecule has 0 aromatic heterocycles. The van der Waals surface area contributed by atoms with Crippen LogP contribution < -0.4 is 0 Å². The predicted octanol–water partition coefficient (Wildman–Crippen LogP) is 3.00. The van der Waals surface area contributed by atoms with E-state index in [1.54, 1.807) is 0 Å². The Labute approximate surface area is 68.6 Å². The first-order chi connectivity index (χ1) is 4.52. The van der Waals surface area contributed by atoms with Crippen molar-refractivity contribution in [2.24, 2.45) is 5.11 Å². The largest absolute Gasteiger partial charge is 0.0864 e. The standard InChI is InChI=1S/C6H10BrN3/c1-5(2,9-10-8)6(7)3-4-6/h3-4H2,1-2H3. The molecule has 0 spiro atoms. The molecule has 1 fully saturated rings. The Morgan fingerprint density at radius 3 is 2.40 bits per heavy atom. The van der Waals surface area contributed by atoms with Crippen molar-refractivity contribution < 1.29 is 0 Å². The van der Waals surface area contributed by atoms with Gasteiger partial charge in [0, 0.05) is 9.24 Å². The molecule has 0 N–H and O–H groups in total. The molecule has 56 valence electrons. The van der Waals surface area contributed by atoms with Crippen molar-refractivity contribution in [2.45, 2.75) is 36.6 Å². The molecule has 0 aliphatic heterocycles. The molecule has 1 aliphatic rings. The van der Waals surface area contributed by atoms with Crippen LogP contribution in [0.4, 0.5) is 0 Å². The van der Waals surface area contributed by atoms with Crippen molar-refractivity contribution in [2.75, 3.05) is 0 Å². The Bertz CT molecular complexity index is 189. The number of alkyl halides is 1. The average Bonchev–Trinajstić information content (AvgIpc) is 2.49. The molecule has 0 bridgehead atoms. The van der Waals surface area contributed by atoms with E-state index in [0.29, 0.717) is 0 Å². The van der Waals surface area contributed by atoms with Gasteiger partial charge in [-0.15, -0.1) is 0 Å². The highest BCUT2D eigenvalue weighted by atomic mass is 79.9. The van der Waals surface area contributed by atoms with Gasteiger partial charge in [0.25, 0.3) is 0 Å². The van der Waals surface area contributed by atoms with E-state index in [4.69, 9.17) is 5.53 Å². The summed E-state index contributed by atoms with van der Waals surface area (Å²) in [4.78, 5) is 2.81. The second-order valence-electron chi connectivity index (χ2n) is 3.21. The van der Waals surface area contributed by atoms with Crippen LogP contribution in [0.15, 0.2) is 5.11 Å². The minimum absolute atomic E-state index is 0.0895. The zero-order valence-electron chi connectivity index (χ0n) is 6.13. The quantitative estimate of drug-likeness (QED) is 0.287. The Morgan fingerprint density at radius 1 is 1.60 bits per heavy atom. The van der Waals surface area contributed by atoms with Crippen LogP contribution in [-0.2, 0) is 0 Å². The van der Waals surface area contributed by atoms with Crippen LogP contribution in [0.5, 0.6) is 0 Å². The van der Waals surface area contributed by atoms with E-state index in [0.717, 1.165) is 12.8 Å². The zero-order valence-corrected chi connectivity index (χ0v) is 7.72. The zero-order chi connectivity index (χ0) is 7.83. The van der Waals surface area contributed by atoms with Gasteiger partial charge in [-0.05, 0) is 18.4 Å². The summed E-state index contributed by atoms with van der Waals surface area (Å²) in [7, 11) is 0. The molecule has 0 amide bonds. The molecule has 1 aliphatic carbocycles. The van der Waals surface area contributed by atoms with Gasteiger partial charge in [0.15, 0.2) is 0 Å². The fourth-order valence-electron chi connectivity index (χ4n) is 0.923. The van der Waals surface area contributed by atoms with E-state index in [1.165, 1.54) is 0 Å². The summed E-state index contributed by atoms with van der Waals surface area (Å²) >= 11 is 3.55. The van der Waals surface area contributed by atoms with Gasteiger partial charge in [-0.2, -0.15) is 0 Å². The Balaban J connectivity index is 2.76. The van der Waals surface area contributed by atoms with Crippen LogP contribution in [0.3, 0.4) is 0 Å². The van der Waals surface area contributed by atoms with Crippen molar-refractivity contribution in [3.63, 3.8) is 0 Å². The third-order valence-corrected chi connectivity index (χ3v) is 3.84. The van der Waals surface area contributed by atoms with Crippen LogP contribution in [0.1, 0.15) is 26.7 Å². The van der Waals surface area contributed by atoms with E-state index < -0.39 is 0 Å². The van der Waals surface area contributed by atoms with Gasteiger partial charge in [-0.3, -0.25) is 0 Å². The second kappa shape index (κ2) is 2.14. The van der Waals surface area contributed by atoms with Crippen molar-refractivity contribution in [1.82, 2.24) is 0 Å². The van der Waals surface area contributed by atoms with E-state index in [2.05, 4.69) is 26.0 Å². The summed E-state index contributed by atoms with van der Waals surface area (Å²) in [6.07, 6.45) is 2.22. The lowest BCUT2D eigenvalue weighted by Gasteiger charge is -2.23. The lowest BCUT2D eigenvalue weighted by molar-refractivity contribution is 0.488. The number of azide groups is 1. The van der Waals surface area contributed by atoms with Crippen molar-refractivity contribution >= 4 is 15.9 Å². The molecule has 3 nitrogen and oxygen atoms in total.